The molecule has 2 N–H and O–H groups in total. The molecule has 3 nitrogen and oxygen atoms in total. The summed E-state index contributed by atoms with van der Waals surface area (Å²) >= 11 is 0. The topological polar surface area (TPSA) is 49.3 Å². The molecule has 2 aromatic rings. The fraction of sp³-hybridized carbons (Fsp3) is 0.118. The SMILES string of the molecule is C/C(=C\CNc1ccccc1C(=O)O)c1ccccc1. The minimum Gasteiger partial charge on any atom is -0.478 e. The molecule has 0 bridgehead atoms. The van der Waals surface area contributed by atoms with Gasteiger partial charge in [-0.1, -0.05) is 48.5 Å². The molecule has 0 aliphatic carbocycles. The highest BCUT2D eigenvalue weighted by Gasteiger charge is 2.07. The van der Waals surface area contributed by atoms with Gasteiger partial charge in [-0.15, -0.1) is 0 Å². The summed E-state index contributed by atoms with van der Waals surface area (Å²) < 4.78 is 0. The van der Waals surface area contributed by atoms with Crippen LogP contribution in [-0.4, -0.2) is 17.6 Å². The lowest BCUT2D eigenvalue weighted by Crippen LogP contribution is -2.06. The van der Waals surface area contributed by atoms with Crippen molar-refractivity contribution in [3.8, 4) is 0 Å². The number of rotatable bonds is 5. The smallest absolute Gasteiger partial charge is 0.337 e. The standard InChI is InChI=1S/C17H17NO2/c1-13(14-7-3-2-4-8-14)11-12-18-16-10-6-5-9-15(16)17(19)20/h2-11,18H,12H2,1H3,(H,19,20)/b13-11+. The zero-order valence-corrected chi connectivity index (χ0v) is 11.3. The van der Waals surface area contributed by atoms with Gasteiger partial charge in [-0.2, -0.15) is 0 Å². The van der Waals surface area contributed by atoms with Crippen LogP contribution >= 0.6 is 0 Å². The van der Waals surface area contributed by atoms with Crippen LogP contribution in [0.2, 0.25) is 0 Å². The third-order valence-electron chi connectivity index (χ3n) is 3.09. The number of carbonyl (C=O) groups is 1. The van der Waals surface area contributed by atoms with Gasteiger partial charge in [-0.3, -0.25) is 0 Å². The van der Waals surface area contributed by atoms with E-state index in [1.54, 1.807) is 18.2 Å². The van der Waals surface area contributed by atoms with Gasteiger partial charge < -0.3 is 10.4 Å². The van der Waals surface area contributed by atoms with Crippen molar-refractivity contribution in [2.75, 3.05) is 11.9 Å². The molecule has 20 heavy (non-hydrogen) atoms. The van der Waals surface area contributed by atoms with E-state index in [2.05, 4.69) is 17.4 Å². The molecule has 0 spiro atoms. The van der Waals surface area contributed by atoms with Crippen molar-refractivity contribution in [3.63, 3.8) is 0 Å². The lowest BCUT2D eigenvalue weighted by atomic mass is 10.1. The molecule has 0 amide bonds. The monoisotopic (exact) mass is 267 g/mol. The van der Waals surface area contributed by atoms with E-state index in [9.17, 15) is 4.79 Å². The first-order valence-corrected chi connectivity index (χ1v) is 6.47. The van der Waals surface area contributed by atoms with Crippen LogP contribution in [0.15, 0.2) is 60.7 Å². The van der Waals surface area contributed by atoms with Crippen LogP contribution in [0.1, 0.15) is 22.8 Å². The van der Waals surface area contributed by atoms with Crippen LogP contribution in [0.5, 0.6) is 0 Å². The van der Waals surface area contributed by atoms with E-state index in [1.165, 1.54) is 5.56 Å². The summed E-state index contributed by atoms with van der Waals surface area (Å²) in [6.07, 6.45) is 2.05. The number of nitrogens with one attached hydrogen (secondary N) is 1. The van der Waals surface area contributed by atoms with Crippen molar-refractivity contribution in [2.24, 2.45) is 0 Å². The van der Waals surface area contributed by atoms with Gasteiger partial charge in [-0.25, -0.2) is 4.79 Å². The number of aromatic carboxylic acids is 1. The Morgan fingerprint density at radius 2 is 1.75 bits per heavy atom. The number of carboxylic acid groups (broad SMARTS) is 1. The molecule has 0 saturated carbocycles. The van der Waals surface area contributed by atoms with Crippen molar-refractivity contribution < 1.29 is 9.90 Å². The fourth-order valence-corrected chi connectivity index (χ4v) is 1.96. The average molecular weight is 267 g/mol. The van der Waals surface area contributed by atoms with Crippen LogP contribution < -0.4 is 5.32 Å². The van der Waals surface area contributed by atoms with E-state index in [-0.39, 0.29) is 0 Å². The second-order valence-corrected chi connectivity index (χ2v) is 4.48. The molecule has 0 fully saturated rings. The molecule has 2 rings (SSSR count). The molecular formula is C17H17NO2. The number of hydrogen-bond donors (Lipinski definition) is 2. The molecule has 0 aromatic heterocycles. The van der Waals surface area contributed by atoms with Crippen molar-refractivity contribution >= 4 is 17.2 Å². The molecular weight excluding hydrogens is 250 g/mol. The normalized spacial score (nSPS) is 11.2. The number of carboxylic acids is 1. The maximum absolute atomic E-state index is 11.1. The highest BCUT2D eigenvalue weighted by molar-refractivity contribution is 5.94. The molecule has 2 aromatic carbocycles. The number of para-hydroxylation sites is 1. The Bertz CT molecular complexity index is 618. The summed E-state index contributed by atoms with van der Waals surface area (Å²) in [5.41, 5.74) is 3.25. The Labute approximate surface area is 118 Å². The van der Waals surface area contributed by atoms with Crippen molar-refractivity contribution in [1.82, 2.24) is 0 Å². The van der Waals surface area contributed by atoms with Crippen LogP contribution in [0, 0.1) is 0 Å². The Balaban J connectivity index is 2.05. The molecule has 102 valence electrons. The quantitative estimate of drug-likeness (QED) is 0.863. The summed E-state index contributed by atoms with van der Waals surface area (Å²) in [5, 5.41) is 12.2. The van der Waals surface area contributed by atoms with E-state index < -0.39 is 5.97 Å². The van der Waals surface area contributed by atoms with Gasteiger partial charge in [0, 0.05) is 12.2 Å². The van der Waals surface area contributed by atoms with Gasteiger partial charge in [-0.05, 0) is 30.2 Å². The van der Waals surface area contributed by atoms with Crippen LogP contribution in [0.4, 0.5) is 5.69 Å². The van der Waals surface area contributed by atoms with Gasteiger partial charge in [0.15, 0.2) is 0 Å². The lowest BCUT2D eigenvalue weighted by molar-refractivity contribution is 0.0698. The molecule has 0 radical (unpaired) electrons. The first-order valence-electron chi connectivity index (χ1n) is 6.47. The zero-order valence-electron chi connectivity index (χ0n) is 11.3. The second kappa shape index (κ2) is 6.57. The van der Waals surface area contributed by atoms with Crippen molar-refractivity contribution in [1.29, 1.82) is 0 Å². The molecule has 3 heteroatoms. The van der Waals surface area contributed by atoms with Crippen LogP contribution in [0.3, 0.4) is 0 Å². The molecule has 0 aliphatic rings. The van der Waals surface area contributed by atoms with Gasteiger partial charge in [0.2, 0.25) is 0 Å². The predicted molar refractivity (Wildman–Crippen MR) is 82.0 cm³/mol. The molecule has 0 saturated heterocycles. The summed E-state index contributed by atoms with van der Waals surface area (Å²) in [6, 6.07) is 17.0. The minimum absolute atomic E-state index is 0.290. The summed E-state index contributed by atoms with van der Waals surface area (Å²) in [5.74, 6) is -0.920. The molecule has 0 aliphatic heterocycles. The Hall–Kier alpha value is -2.55. The van der Waals surface area contributed by atoms with E-state index in [0.29, 0.717) is 17.8 Å². The molecule has 0 atom stereocenters. The lowest BCUT2D eigenvalue weighted by Gasteiger charge is -2.08. The van der Waals surface area contributed by atoms with E-state index in [4.69, 9.17) is 5.11 Å². The highest BCUT2D eigenvalue weighted by atomic mass is 16.4. The fourth-order valence-electron chi connectivity index (χ4n) is 1.96. The van der Waals surface area contributed by atoms with Crippen molar-refractivity contribution in [2.45, 2.75) is 6.92 Å². The largest absolute Gasteiger partial charge is 0.478 e. The summed E-state index contributed by atoms with van der Waals surface area (Å²) in [4.78, 5) is 11.1. The average Bonchev–Trinajstić information content (AvgIpc) is 2.48. The van der Waals surface area contributed by atoms with E-state index >= 15 is 0 Å². The number of benzene rings is 2. The van der Waals surface area contributed by atoms with E-state index in [0.717, 1.165) is 5.57 Å². The second-order valence-electron chi connectivity index (χ2n) is 4.48. The predicted octanol–water partition coefficient (Wildman–Crippen LogP) is 3.90. The summed E-state index contributed by atoms with van der Waals surface area (Å²) in [6.45, 7) is 2.63. The van der Waals surface area contributed by atoms with Gasteiger partial charge in [0.25, 0.3) is 0 Å². The highest BCUT2D eigenvalue weighted by Crippen LogP contribution is 2.16. The third-order valence-corrected chi connectivity index (χ3v) is 3.09. The number of hydrogen-bond acceptors (Lipinski definition) is 2. The Morgan fingerprint density at radius 1 is 1.10 bits per heavy atom. The maximum Gasteiger partial charge on any atom is 0.337 e. The van der Waals surface area contributed by atoms with E-state index in [1.807, 2.05) is 37.3 Å². The number of allylic oxidation sites excluding steroid dienone is 1. The third kappa shape index (κ3) is 3.48. The molecule has 0 heterocycles. The van der Waals surface area contributed by atoms with Crippen molar-refractivity contribution in [3.05, 3.63) is 71.8 Å². The number of anilines is 1. The first kappa shape index (κ1) is 13.9. The Kier molecular flexibility index (Phi) is 4.56. The van der Waals surface area contributed by atoms with Gasteiger partial charge >= 0.3 is 5.97 Å². The van der Waals surface area contributed by atoms with Gasteiger partial charge in [0.05, 0.1) is 5.56 Å². The Morgan fingerprint density at radius 3 is 2.45 bits per heavy atom. The summed E-state index contributed by atoms with van der Waals surface area (Å²) in [7, 11) is 0. The van der Waals surface area contributed by atoms with Crippen LogP contribution in [-0.2, 0) is 0 Å². The first-order chi connectivity index (χ1) is 9.68. The van der Waals surface area contributed by atoms with Crippen LogP contribution in [0.25, 0.3) is 5.57 Å². The van der Waals surface area contributed by atoms with Gasteiger partial charge in [0.1, 0.15) is 0 Å². The molecule has 0 unspecified atom stereocenters. The minimum atomic E-state index is -0.920. The maximum atomic E-state index is 11.1. The zero-order chi connectivity index (χ0) is 14.4.